The molecule has 0 unspecified atom stereocenters. The van der Waals surface area contributed by atoms with Crippen LogP contribution in [0.25, 0.3) is 0 Å². The minimum Gasteiger partial charge on any atom is -0.467 e. The van der Waals surface area contributed by atoms with Gasteiger partial charge in [-0.1, -0.05) is 97.1 Å². The second-order valence-electron chi connectivity index (χ2n) is 13.1. The van der Waals surface area contributed by atoms with E-state index >= 15 is 0 Å². The van der Waals surface area contributed by atoms with E-state index in [4.69, 9.17) is 52.1 Å². The Hall–Kier alpha value is -5.00. The number of hydrogen-bond acceptors (Lipinski definition) is 15. The van der Waals surface area contributed by atoms with Crippen LogP contribution in [-0.4, -0.2) is 106 Å². The average molecular weight is 793 g/mol. The maximum atomic E-state index is 13.7. The zero-order valence-corrected chi connectivity index (χ0v) is 32.2. The lowest BCUT2D eigenvalue weighted by Gasteiger charge is -2.48. The van der Waals surface area contributed by atoms with Crippen LogP contribution in [0.1, 0.15) is 30.5 Å². The summed E-state index contributed by atoms with van der Waals surface area (Å²) in [5, 5.41) is 0. The molecule has 2 fully saturated rings. The Morgan fingerprint density at radius 3 is 1.39 bits per heavy atom. The van der Waals surface area contributed by atoms with Crippen molar-refractivity contribution in [3.8, 4) is 0 Å². The monoisotopic (exact) mass is 792 g/mol. The summed E-state index contributed by atoms with van der Waals surface area (Å²) in [6.07, 6.45) is -12.7. The van der Waals surface area contributed by atoms with Crippen LogP contribution in [0.15, 0.2) is 104 Å². The first kappa shape index (κ1) is 43.1. The van der Waals surface area contributed by atoms with Gasteiger partial charge < -0.3 is 52.1 Å². The summed E-state index contributed by atoms with van der Waals surface area (Å²) in [6, 6.07) is 27.6. The Labute approximate surface area is 330 Å². The van der Waals surface area contributed by atoms with Crippen molar-refractivity contribution in [3.63, 3.8) is 0 Å². The SMILES string of the molecule is C=CCO[C@@H]1O[C@H](C(=O)OC)[C@H](O[C@@H]2O[C@H](C(=O)OC)[C@H](OC(C)=O)[C@H](OC(C)=O)[C@H]2OCc2ccccc2)[C@H](OCc2ccccc2)[C@H]1OCc1ccccc1. The molecule has 0 saturated carbocycles. The highest BCUT2D eigenvalue weighted by atomic mass is 16.8. The van der Waals surface area contributed by atoms with E-state index in [9.17, 15) is 19.2 Å². The molecule has 2 aliphatic heterocycles. The van der Waals surface area contributed by atoms with Crippen LogP contribution in [0, 0.1) is 0 Å². The van der Waals surface area contributed by atoms with E-state index in [1.807, 2.05) is 66.7 Å². The van der Waals surface area contributed by atoms with Gasteiger partial charge >= 0.3 is 23.9 Å². The molecule has 0 radical (unpaired) electrons. The van der Waals surface area contributed by atoms with Crippen molar-refractivity contribution in [2.45, 2.75) is 95.1 Å². The largest absolute Gasteiger partial charge is 0.467 e. The third-order valence-electron chi connectivity index (χ3n) is 8.99. The average Bonchev–Trinajstić information content (AvgIpc) is 3.22. The number of hydrogen-bond donors (Lipinski definition) is 0. The number of ether oxygens (including phenoxy) is 11. The fourth-order valence-corrected chi connectivity index (χ4v) is 6.43. The van der Waals surface area contributed by atoms with Crippen LogP contribution in [0.2, 0.25) is 0 Å². The number of esters is 4. The van der Waals surface area contributed by atoms with Gasteiger partial charge in [-0.3, -0.25) is 9.59 Å². The Morgan fingerprint density at radius 2 is 0.947 bits per heavy atom. The Bertz CT molecular complexity index is 1740. The number of rotatable bonds is 18. The molecule has 2 heterocycles. The Morgan fingerprint density at radius 1 is 0.544 bits per heavy atom. The molecule has 0 aliphatic carbocycles. The molecule has 5 rings (SSSR count). The predicted molar refractivity (Wildman–Crippen MR) is 199 cm³/mol. The number of carbonyl (C=O) groups is 4. The summed E-state index contributed by atoms with van der Waals surface area (Å²) in [7, 11) is 2.29. The fraction of sp³-hybridized carbons (Fsp3) is 0.429. The lowest BCUT2D eigenvalue weighted by Crippen LogP contribution is -2.67. The van der Waals surface area contributed by atoms with Crippen molar-refractivity contribution in [2.24, 2.45) is 0 Å². The van der Waals surface area contributed by atoms with Gasteiger partial charge in [0.1, 0.15) is 24.4 Å². The van der Waals surface area contributed by atoms with Gasteiger partial charge in [0.25, 0.3) is 0 Å². The topological polar surface area (TPSA) is 170 Å². The Balaban J connectivity index is 1.61. The van der Waals surface area contributed by atoms with Crippen LogP contribution in [-0.2, 0) is 91.1 Å². The lowest BCUT2D eigenvalue weighted by atomic mass is 9.95. The smallest absolute Gasteiger partial charge is 0.339 e. The summed E-state index contributed by atoms with van der Waals surface area (Å²) in [4.78, 5) is 52.1. The highest BCUT2D eigenvalue weighted by Gasteiger charge is 2.58. The summed E-state index contributed by atoms with van der Waals surface area (Å²) in [5.41, 5.74) is 2.32. The molecule has 306 valence electrons. The zero-order chi connectivity index (χ0) is 40.7. The van der Waals surface area contributed by atoms with Gasteiger partial charge in [0.15, 0.2) is 37.0 Å². The first-order valence-corrected chi connectivity index (χ1v) is 18.3. The summed E-state index contributed by atoms with van der Waals surface area (Å²) < 4.78 is 66.2. The number of benzene rings is 3. The molecule has 2 aliphatic rings. The molecule has 15 heteroatoms. The van der Waals surface area contributed by atoms with Crippen molar-refractivity contribution >= 4 is 23.9 Å². The van der Waals surface area contributed by atoms with Gasteiger partial charge in [-0.05, 0) is 16.7 Å². The van der Waals surface area contributed by atoms with E-state index in [0.29, 0.717) is 5.56 Å². The third-order valence-corrected chi connectivity index (χ3v) is 8.99. The van der Waals surface area contributed by atoms with Gasteiger partial charge in [0.2, 0.25) is 0 Å². The molecule has 0 aromatic heterocycles. The lowest BCUT2D eigenvalue weighted by molar-refractivity contribution is -0.363. The molecular formula is C42H48O15. The molecule has 10 atom stereocenters. The molecule has 15 nitrogen and oxygen atoms in total. The van der Waals surface area contributed by atoms with Crippen LogP contribution in [0.3, 0.4) is 0 Å². The maximum absolute atomic E-state index is 13.7. The van der Waals surface area contributed by atoms with E-state index in [0.717, 1.165) is 32.1 Å². The minimum atomic E-state index is -1.69. The van der Waals surface area contributed by atoms with Crippen molar-refractivity contribution in [3.05, 3.63) is 120 Å². The summed E-state index contributed by atoms with van der Waals surface area (Å²) in [5.74, 6) is -3.43. The molecule has 3 aromatic rings. The molecule has 0 spiro atoms. The van der Waals surface area contributed by atoms with E-state index in [1.165, 1.54) is 13.2 Å². The van der Waals surface area contributed by atoms with E-state index in [-0.39, 0.29) is 26.4 Å². The Kier molecular flexibility index (Phi) is 16.3. The van der Waals surface area contributed by atoms with E-state index in [2.05, 4.69) is 6.58 Å². The van der Waals surface area contributed by atoms with Crippen LogP contribution in [0.5, 0.6) is 0 Å². The van der Waals surface area contributed by atoms with Crippen LogP contribution >= 0.6 is 0 Å². The summed E-state index contributed by atoms with van der Waals surface area (Å²) >= 11 is 0. The predicted octanol–water partition coefficient (Wildman–Crippen LogP) is 3.99. The van der Waals surface area contributed by atoms with Crippen molar-refractivity contribution < 1.29 is 71.3 Å². The van der Waals surface area contributed by atoms with Crippen LogP contribution in [0.4, 0.5) is 0 Å². The zero-order valence-electron chi connectivity index (χ0n) is 32.2. The molecule has 0 bridgehead atoms. The second kappa shape index (κ2) is 21.5. The first-order chi connectivity index (χ1) is 27.6. The van der Waals surface area contributed by atoms with Crippen LogP contribution < -0.4 is 0 Å². The quantitative estimate of drug-likeness (QED) is 0.103. The van der Waals surface area contributed by atoms with Gasteiger partial charge in [0.05, 0.1) is 40.6 Å². The van der Waals surface area contributed by atoms with Crippen molar-refractivity contribution in [2.75, 3.05) is 20.8 Å². The van der Waals surface area contributed by atoms with Gasteiger partial charge in [-0.15, -0.1) is 6.58 Å². The molecule has 2 saturated heterocycles. The first-order valence-electron chi connectivity index (χ1n) is 18.3. The highest BCUT2D eigenvalue weighted by molar-refractivity contribution is 5.77. The van der Waals surface area contributed by atoms with E-state index < -0.39 is 85.3 Å². The maximum Gasteiger partial charge on any atom is 0.339 e. The van der Waals surface area contributed by atoms with Gasteiger partial charge in [-0.25, -0.2) is 9.59 Å². The third kappa shape index (κ3) is 11.8. The molecular weight excluding hydrogens is 744 g/mol. The fourth-order valence-electron chi connectivity index (χ4n) is 6.43. The number of carbonyl (C=O) groups excluding carboxylic acids is 4. The van der Waals surface area contributed by atoms with Crippen molar-refractivity contribution in [1.82, 2.24) is 0 Å². The van der Waals surface area contributed by atoms with Gasteiger partial charge in [0, 0.05) is 13.8 Å². The normalized spacial score (nSPS) is 27.1. The van der Waals surface area contributed by atoms with Crippen molar-refractivity contribution in [1.29, 1.82) is 0 Å². The highest BCUT2D eigenvalue weighted by Crippen LogP contribution is 2.36. The molecule has 57 heavy (non-hydrogen) atoms. The van der Waals surface area contributed by atoms with Gasteiger partial charge in [-0.2, -0.15) is 0 Å². The van der Waals surface area contributed by atoms with E-state index in [1.54, 1.807) is 24.3 Å². The molecule has 3 aromatic carbocycles. The molecule has 0 amide bonds. The minimum absolute atomic E-state index is 0.0181. The molecule has 0 N–H and O–H groups in total. The number of methoxy groups -OCH3 is 2. The summed E-state index contributed by atoms with van der Waals surface area (Å²) in [6.45, 7) is 6.06. The standard InChI is InChI=1S/C42H48O15/c1-6-22-49-41-37(51-24-29-18-12-8-13-19-29)31(50-23-28-16-10-7-11-17-28)32(35(56-41)39(45)47-4)55-42-38(52-25-30-20-14-9-15-21-30)34(54-27(3)44)33(53-26(2)43)36(57-42)40(46)48-5/h6-21,31-38,41-42H,1,22-25H2,2-5H3/t31-,32+,33+,34-,35-,36-,37+,38+,41+,42+/m0/s1. The second-order valence-corrected chi connectivity index (χ2v) is 13.1.